The minimum absolute atomic E-state index is 0.100. The molecular weight excluding hydrogens is 564 g/mol. The molecule has 0 radical (unpaired) electrons. The second-order valence-electron chi connectivity index (χ2n) is 10.5. The smallest absolute Gasteiger partial charge is 0.439 e. The molecule has 1 saturated heterocycles. The summed E-state index contributed by atoms with van der Waals surface area (Å²) in [5.41, 5.74) is 7.33. The van der Waals surface area contributed by atoms with Gasteiger partial charge in [-0.05, 0) is 95.8 Å². The molecule has 9 heteroatoms. The maximum Gasteiger partial charge on any atom is 0.439 e. The first-order chi connectivity index (χ1) is 20.0. The molecule has 1 aromatic heterocycles. The van der Waals surface area contributed by atoms with Crippen LogP contribution < -0.4 is 10.5 Å². The number of aryl methyl sites for hydroxylation is 1. The lowest BCUT2D eigenvalue weighted by molar-refractivity contribution is 0.198. The molecule has 4 aromatic rings. The molecule has 0 bridgehead atoms. The van der Waals surface area contributed by atoms with Crippen molar-refractivity contribution in [3.8, 4) is 17.1 Å². The lowest BCUT2D eigenvalue weighted by Crippen LogP contribution is -2.26. The molecule has 0 amide bonds. The summed E-state index contributed by atoms with van der Waals surface area (Å²) in [6.45, 7) is 2.24. The topological polar surface area (TPSA) is 71.4 Å². The van der Waals surface area contributed by atoms with E-state index >= 15 is 0 Å². The van der Waals surface area contributed by atoms with Crippen LogP contribution in [0.4, 0.5) is 4.39 Å². The number of aromatic amines is 1. The van der Waals surface area contributed by atoms with E-state index in [9.17, 15) is 9.18 Å². The van der Waals surface area contributed by atoms with Crippen LogP contribution in [-0.4, -0.2) is 47.5 Å². The normalized spacial score (nSPS) is 17.5. The van der Waals surface area contributed by atoms with Crippen LogP contribution in [0, 0.1) is 0 Å². The van der Waals surface area contributed by atoms with Crippen molar-refractivity contribution in [3.63, 3.8) is 0 Å². The van der Waals surface area contributed by atoms with Gasteiger partial charge in [-0.2, -0.15) is 0 Å². The second kappa shape index (κ2) is 12.2. The van der Waals surface area contributed by atoms with E-state index in [1.807, 2.05) is 30.3 Å². The molecule has 1 aliphatic heterocycles. The standard InChI is InChI=1S/C32H30Cl2FN3O3/c33-23-8-12-27(29(34)18-23)28-4-1-3-21-17-22(31-36-32(39)41-37-31)7-11-26(21)30(28)20-5-9-24(10-6-20)40-25-13-16-38(19-25)15-2-14-35/h5-12,17-18,25H,1-4,13-16,19H2,(H,36,37,39)/t25-/m0/s1. The summed E-state index contributed by atoms with van der Waals surface area (Å²) in [4.78, 5) is 16.5. The number of halogens is 3. The van der Waals surface area contributed by atoms with Gasteiger partial charge in [-0.1, -0.05) is 58.7 Å². The maximum absolute atomic E-state index is 12.6. The monoisotopic (exact) mass is 593 g/mol. The van der Waals surface area contributed by atoms with Gasteiger partial charge in [-0.15, -0.1) is 0 Å². The molecule has 2 aliphatic rings. The van der Waals surface area contributed by atoms with Crippen LogP contribution in [0.25, 0.3) is 22.5 Å². The van der Waals surface area contributed by atoms with E-state index in [1.54, 1.807) is 6.07 Å². The van der Waals surface area contributed by atoms with Crippen molar-refractivity contribution in [1.29, 1.82) is 0 Å². The van der Waals surface area contributed by atoms with Crippen molar-refractivity contribution in [2.45, 2.75) is 38.2 Å². The first-order valence-corrected chi connectivity index (χ1v) is 14.7. The van der Waals surface area contributed by atoms with Crippen LogP contribution in [-0.2, 0) is 6.42 Å². The Morgan fingerprint density at radius 3 is 2.59 bits per heavy atom. The lowest BCUT2D eigenvalue weighted by Gasteiger charge is -2.19. The van der Waals surface area contributed by atoms with E-state index in [0.717, 1.165) is 90.0 Å². The van der Waals surface area contributed by atoms with Crippen LogP contribution in [0.1, 0.15) is 47.9 Å². The van der Waals surface area contributed by atoms with Gasteiger partial charge >= 0.3 is 5.76 Å². The molecule has 1 N–H and O–H groups in total. The van der Waals surface area contributed by atoms with E-state index in [4.69, 9.17) is 32.5 Å². The molecule has 1 fully saturated rings. The Labute approximate surface area is 247 Å². The number of benzene rings is 3. The molecule has 6 nitrogen and oxygen atoms in total. The number of H-pyrrole nitrogens is 1. The van der Waals surface area contributed by atoms with E-state index in [1.165, 1.54) is 0 Å². The van der Waals surface area contributed by atoms with Crippen LogP contribution in [0.3, 0.4) is 0 Å². The number of nitrogens with one attached hydrogen (secondary N) is 1. The Bertz CT molecular complexity index is 1630. The number of hydrogen-bond donors (Lipinski definition) is 1. The fourth-order valence-electron chi connectivity index (χ4n) is 5.89. The van der Waals surface area contributed by atoms with Crippen molar-refractivity contribution < 1.29 is 13.7 Å². The summed E-state index contributed by atoms with van der Waals surface area (Å²) in [5, 5.41) is 5.08. The highest BCUT2D eigenvalue weighted by atomic mass is 35.5. The largest absolute Gasteiger partial charge is 0.489 e. The molecule has 0 unspecified atom stereocenters. The molecule has 1 aliphatic carbocycles. The molecule has 0 spiro atoms. The molecule has 3 aromatic carbocycles. The van der Waals surface area contributed by atoms with Crippen LogP contribution in [0.2, 0.25) is 10.0 Å². The number of rotatable bonds is 8. The van der Waals surface area contributed by atoms with Crippen molar-refractivity contribution in [2.24, 2.45) is 0 Å². The first-order valence-electron chi connectivity index (χ1n) is 13.9. The second-order valence-corrected chi connectivity index (χ2v) is 11.4. The number of allylic oxidation sites excluding steroid dienone is 1. The number of fused-ring (bicyclic) bond motifs is 1. The predicted octanol–water partition coefficient (Wildman–Crippen LogP) is 7.44. The van der Waals surface area contributed by atoms with Crippen LogP contribution in [0.5, 0.6) is 5.75 Å². The van der Waals surface area contributed by atoms with Gasteiger partial charge in [0.2, 0.25) is 0 Å². The minimum Gasteiger partial charge on any atom is -0.489 e. The van der Waals surface area contributed by atoms with Gasteiger partial charge in [0.05, 0.1) is 6.67 Å². The Morgan fingerprint density at radius 2 is 1.83 bits per heavy atom. The zero-order chi connectivity index (χ0) is 28.3. The quantitative estimate of drug-likeness (QED) is 0.230. The molecule has 2 heterocycles. The number of alkyl halides is 1. The predicted molar refractivity (Wildman–Crippen MR) is 160 cm³/mol. The van der Waals surface area contributed by atoms with E-state index < -0.39 is 5.76 Å². The summed E-state index contributed by atoms with van der Waals surface area (Å²) in [5.74, 6) is 0.643. The molecule has 1 atom stereocenters. The highest BCUT2D eigenvalue weighted by Gasteiger charge is 2.25. The number of ether oxygens (including phenoxy) is 1. The van der Waals surface area contributed by atoms with Crippen molar-refractivity contribution in [2.75, 3.05) is 26.3 Å². The maximum atomic E-state index is 12.6. The summed E-state index contributed by atoms with van der Waals surface area (Å²) < 4.78 is 23.6. The van der Waals surface area contributed by atoms with E-state index in [-0.39, 0.29) is 12.8 Å². The first kappa shape index (κ1) is 27.8. The lowest BCUT2D eigenvalue weighted by atomic mass is 9.87. The summed E-state index contributed by atoms with van der Waals surface area (Å²) in [7, 11) is 0. The zero-order valence-corrected chi connectivity index (χ0v) is 24.0. The van der Waals surface area contributed by atoms with Gasteiger partial charge in [-0.3, -0.25) is 18.8 Å². The zero-order valence-electron chi connectivity index (χ0n) is 22.5. The molecular formula is C32H30Cl2FN3O3. The van der Waals surface area contributed by atoms with Gasteiger partial charge < -0.3 is 4.74 Å². The van der Waals surface area contributed by atoms with Gasteiger partial charge in [0, 0.05) is 35.2 Å². The third-order valence-electron chi connectivity index (χ3n) is 7.80. The highest BCUT2D eigenvalue weighted by Crippen LogP contribution is 2.43. The van der Waals surface area contributed by atoms with Gasteiger partial charge in [0.25, 0.3) is 0 Å². The van der Waals surface area contributed by atoms with Crippen molar-refractivity contribution in [3.05, 3.63) is 104 Å². The summed E-state index contributed by atoms with van der Waals surface area (Å²) >= 11 is 13.0. The SMILES string of the molecule is O=c1[nH]c(-c2ccc3c(c2)CCCC(c2ccc(Cl)cc2Cl)=C3c2ccc(O[C@H]3CCN(CCCF)C3)cc2)no1. The van der Waals surface area contributed by atoms with Gasteiger partial charge in [0.15, 0.2) is 5.82 Å². The third kappa shape index (κ3) is 6.13. The summed E-state index contributed by atoms with van der Waals surface area (Å²) in [6.07, 6.45) is 4.21. The average molecular weight is 595 g/mol. The Kier molecular flexibility index (Phi) is 8.28. The fraction of sp³-hybridized carbons (Fsp3) is 0.312. The highest BCUT2D eigenvalue weighted by molar-refractivity contribution is 6.36. The van der Waals surface area contributed by atoms with Crippen LogP contribution in [0.15, 0.2) is 70.0 Å². The average Bonchev–Trinajstić information content (AvgIpc) is 3.56. The Balaban J connectivity index is 1.37. The minimum atomic E-state index is -0.581. The number of hydrogen-bond acceptors (Lipinski definition) is 5. The van der Waals surface area contributed by atoms with E-state index in [2.05, 4.69) is 39.3 Å². The van der Waals surface area contributed by atoms with Crippen molar-refractivity contribution in [1.82, 2.24) is 15.0 Å². The third-order valence-corrected chi connectivity index (χ3v) is 8.35. The fourth-order valence-corrected chi connectivity index (χ4v) is 6.42. The Morgan fingerprint density at radius 1 is 1.02 bits per heavy atom. The van der Waals surface area contributed by atoms with Gasteiger partial charge in [0.1, 0.15) is 11.9 Å². The Hall–Kier alpha value is -3.39. The van der Waals surface area contributed by atoms with Crippen LogP contribution >= 0.6 is 23.2 Å². The molecule has 0 saturated carbocycles. The number of nitrogens with zero attached hydrogens (tertiary/aromatic N) is 2. The van der Waals surface area contributed by atoms with Crippen molar-refractivity contribution >= 4 is 34.3 Å². The molecule has 6 rings (SSSR count). The number of aromatic nitrogens is 2. The summed E-state index contributed by atoms with van der Waals surface area (Å²) in [6, 6.07) is 20.0. The molecule has 41 heavy (non-hydrogen) atoms. The molecule has 212 valence electrons. The van der Waals surface area contributed by atoms with E-state index in [0.29, 0.717) is 22.3 Å². The van der Waals surface area contributed by atoms with Gasteiger partial charge in [-0.25, -0.2) is 4.79 Å². The number of likely N-dealkylation sites (tertiary alicyclic amines) is 1.